The van der Waals surface area contributed by atoms with Crippen molar-refractivity contribution >= 4 is 5.97 Å². The fourth-order valence-corrected chi connectivity index (χ4v) is 2.04. The Morgan fingerprint density at radius 2 is 2.29 bits per heavy atom. The molecule has 1 saturated heterocycles. The lowest BCUT2D eigenvalue weighted by molar-refractivity contribution is -0.146. The highest BCUT2D eigenvalue weighted by Crippen LogP contribution is 2.19. The summed E-state index contributed by atoms with van der Waals surface area (Å²) in [6, 6.07) is -0.466. The molecule has 3 unspecified atom stereocenters. The summed E-state index contributed by atoms with van der Waals surface area (Å²) in [6.45, 7) is 3.31. The van der Waals surface area contributed by atoms with Gasteiger partial charge >= 0.3 is 5.97 Å². The van der Waals surface area contributed by atoms with Crippen molar-refractivity contribution in [2.75, 3.05) is 33.4 Å². The van der Waals surface area contributed by atoms with E-state index in [0.29, 0.717) is 26.1 Å². The molecule has 1 fully saturated rings. The first kappa shape index (κ1) is 14.4. The van der Waals surface area contributed by atoms with Crippen molar-refractivity contribution < 1.29 is 24.5 Å². The van der Waals surface area contributed by atoms with Gasteiger partial charge in [0, 0.05) is 26.1 Å². The first-order valence-electron chi connectivity index (χ1n) is 5.84. The molecule has 0 aromatic heterocycles. The molecule has 0 aromatic carbocycles. The van der Waals surface area contributed by atoms with E-state index in [1.807, 2.05) is 6.92 Å². The molecule has 2 N–H and O–H groups in total. The molecule has 0 aromatic rings. The third-order valence-corrected chi connectivity index (χ3v) is 2.81. The van der Waals surface area contributed by atoms with Gasteiger partial charge in [0.15, 0.2) is 0 Å². The maximum atomic E-state index is 11.5. The van der Waals surface area contributed by atoms with Crippen molar-refractivity contribution in [3.05, 3.63) is 0 Å². The number of carbonyl (C=O) groups is 1. The molecule has 0 bridgehead atoms. The monoisotopic (exact) mass is 247 g/mol. The van der Waals surface area contributed by atoms with Gasteiger partial charge in [-0.2, -0.15) is 0 Å². The molecule has 1 aliphatic rings. The quantitative estimate of drug-likeness (QED) is 0.586. The molecule has 6 nitrogen and oxygen atoms in total. The second-order valence-corrected chi connectivity index (χ2v) is 4.20. The Labute approximate surface area is 101 Å². The van der Waals surface area contributed by atoms with Crippen molar-refractivity contribution in [2.45, 2.75) is 31.6 Å². The number of ether oxygens (including phenoxy) is 2. The van der Waals surface area contributed by atoms with Gasteiger partial charge in [-0.25, -0.2) is 0 Å². The van der Waals surface area contributed by atoms with Crippen LogP contribution in [0, 0.1) is 0 Å². The molecule has 17 heavy (non-hydrogen) atoms. The van der Waals surface area contributed by atoms with E-state index < -0.39 is 18.2 Å². The molecule has 0 aliphatic carbocycles. The van der Waals surface area contributed by atoms with Crippen molar-refractivity contribution in [1.82, 2.24) is 4.90 Å². The third-order valence-electron chi connectivity index (χ3n) is 2.81. The van der Waals surface area contributed by atoms with Crippen molar-refractivity contribution in [2.24, 2.45) is 0 Å². The van der Waals surface area contributed by atoms with E-state index in [4.69, 9.17) is 4.74 Å². The first-order valence-corrected chi connectivity index (χ1v) is 5.84. The van der Waals surface area contributed by atoms with E-state index in [9.17, 15) is 15.0 Å². The van der Waals surface area contributed by atoms with Crippen LogP contribution in [-0.4, -0.2) is 72.7 Å². The Hall–Kier alpha value is -0.690. The molecule has 1 aliphatic heterocycles. The molecule has 100 valence electrons. The summed E-state index contributed by atoms with van der Waals surface area (Å²) >= 11 is 0. The number of nitrogens with zero attached hydrogens (tertiary/aromatic N) is 1. The molecular weight excluding hydrogens is 226 g/mol. The summed E-state index contributed by atoms with van der Waals surface area (Å²) in [6.07, 6.45) is -0.848. The van der Waals surface area contributed by atoms with Crippen LogP contribution in [0.3, 0.4) is 0 Å². The van der Waals surface area contributed by atoms with Crippen molar-refractivity contribution in [3.63, 3.8) is 0 Å². The summed E-state index contributed by atoms with van der Waals surface area (Å²) < 4.78 is 9.77. The van der Waals surface area contributed by atoms with Gasteiger partial charge in [0.2, 0.25) is 0 Å². The average molecular weight is 247 g/mol. The van der Waals surface area contributed by atoms with Crippen LogP contribution in [0.2, 0.25) is 0 Å². The van der Waals surface area contributed by atoms with E-state index >= 15 is 0 Å². The average Bonchev–Trinajstić information content (AvgIpc) is 2.66. The minimum Gasteiger partial charge on any atom is -0.468 e. The zero-order valence-electron chi connectivity index (χ0n) is 10.3. The molecule has 6 heteroatoms. The van der Waals surface area contributed by atoms with E-state index in [2.05, 4.69) is 4.74 Å². The van der Waals surface area contributed by atoms with Gasteiger partial charge in [0.05, 0.1) is 25.9 Å². The predicted molar refractivity (Wildman–Crippen MR) is 60.5 cm³/mol. The molecular formula is C11H21NO5. The van der Waals surface area contributed by atoms with Gasteiger partial charge in [-0.05, 0) is 6.92 Å². The maximum absolute atomic E-state index is 11.5. The molecule has 0 spiro atoms. The molecule has 3 atom stereocenters. The number of aliphatic hydroxyl groups is 2. The standard InChI is InChI=1S/C11H21NO5/c1-3-17-7-9(14)6-12-5-8(13)4-10(12)11(15)16-2/h8-10,13-14H,3-7H2,1-2H3. The third kappa shape index (κ3) is 4.23. The number of β-amino-alcohol motifs (C(OH)–C–C–N with tert-alkyl or cyclic N) is 2. The van der Waals surface area contributed by atoms with Gasteiger partial charge in [-0.15, -0.1) is 0 Å². The fraction of sp³-hybridized carbons (Fsp3) is 0.909. The Kier molecular flexibility index (Phi) is 5.84. The molecule has 0 saturated carbocycles. The molecule has 1 heterocycles. The van der Waals surface area contributed by atoms with Crippen LogP contribution in [0.25, 0.3) is 0 Å². The van der Waals surface area contributed by atoms with Gasteiger partial charge in [-0.1, -0.05) is 0 Å². The summed E-state index contributed by atoms with van der Waals surface area (Å²) in [5, 5.41) is 19.2. The van der Waals surface area contributed by atoms with Gasteiger partial charge in [0.1, 0.15) is 6.04 Å². The van der Waals surface area contributed by atoms with Gasteiger partial charge < -0.3 is 19.7 Å². The van der Waals surface area contributed by atoms with Crippen LogP contribution in [0.15, 0.2) is 0 Å². The SMILES string of the molecule is CCOCC(O)CN1CC(O)CC1C(=O)OC. The second-order valence-electron chi connectivity index (χ2n) is 4.20. The lowest BCUT2D eigenvalue weighted by Crippen LogP contribution is -2.42. The Balaban J connectivity index is 2.46. The number of carbonyl (C=O) groups excluding carboxylic acids is 1. The number of methoxy groups -OCH3 is 1. The lowest BCUT2D eigenvalue weighted by atomic mass is 10.2. The predicted octanol–water partition coefficient (Wildman–Crippen LogP) is -1.01. The first-order chi connectivity index (χ1) is 8.08. The van der Waals surface area contributed by atoms with Crippen LogP contribution < -0.4 is 0 Å². The zero-order valence-corrected chi connectivity index (χ0v) is 10.3. The Bertz CT molecular complexity index is 248. The maximum Gasteiger partial charge on any atom is 0.323 e. The highest BCUT2D eigenvalue weighted by Gasteiger charge is 2.37. The molecule has 0 radical (unpaired) electrons. The molecule has 1 rings (SSSR count). The topological polar surface area (TPSA) is 79.2 Å². The van der Waals surface area contributed by atoms with Crippen LogP contribution in [0.1, 0.15) is 13.3 Å². The summed E-state index contributed by atoms with van der Waals surface area (Å²) in [5.41, 5.74) is 0. The highest BCUT2D eigenvalue weighted by atomic mass is 16.5. The number of aliphatic hydroxyl groups excluding tert-OH is 2. The van der Waals surface area contributed by atoms with E-state index in [0.717, 1.165) is 0 Å². The largest absolute Gasteiger partial charge is 0.468 e. The molecule has 0 amide bonds. The second kappa shape index (κ2) is 6.90. The Morgan fingerprint density at radius 3 is 2.88 bits per heavy atom. The smallest absolute Gasteiger partial charge is 0.323 e. The van der Waals surface area contributed by atoms with Crippen molar-refractivity contribution in [1.29, 1.82) is 0 Å². The van der Waals surface area contributed by atoms with E-state index in [1.54, 1.807) is 4.90 Å². The van der Waals surface area contributed by atoms with Crippen LogP contribution in [0.5, 0.6) is 0 Å². The number of rotatable bonds is 6. The van der Waals surface area contributed by atoms with Crippen molar-refractivity contribution in [3.8, 4) is 0 Å². The highest BCUT2D eigenvalue weighted by molar-refractivity contribution is 5.76. The number of hydrogen-bond donors (Lipinski definition) is 2. The summed E-state index contributed by atoms with van der Waals surface area (Å²) in [5.74, 6) is -0.370. The lowest BCUT2D eigenvalue weighted by Gasteiger charge is -2.24. The number of likely N-dealkylation sites (tertiary alicyclic amines) is 1. The zero-order chi connectivity index (χ0) is 12.8. The van der Waals surface area contributed by atoms with E-state index in [-0.39, 0.29) is 12.6 Å². The fourth-order valence-electron chi connectivity index (χ4n) is 2.04. The Morgan fingerprint density at radius 1 is 1.59 bits per heavy atom. The van der Waals surface area contributed by atoms with Crippen LogP contribution in [-0.2, 0) is 14.3 Å². The van der Waals surface area contributed by atoms with Gasteiger partial charge in [-0.3, -0.25) is 9.69 Å². The number of esters is 1. The minimum absolute atomic E-state index is 0.233. The van der Waals surface area contributed by atoms with Gasteiger partial charge in [0.25, 0.3) is 0 Å². The summed E-state index contributed by atoms with van der Waals surface area (Å²) in [7, 11) is 1.32. The normalized spacial score (nSPS) is 27.1. The minimum atomic E-state index is -0.660. The summed E-state index contributed by atoms with van der Waals surface area (Å²) in [4.78, 5) is 13.2. The number of hydrogen-bond acceptors (Lipinski definition) is 6. The van der Waals surface area contributed by atoms with Crippen LogP contribution >= 0.6 is 0 Å². The van der Waals surface area contributed by atoms with Crippen LogP contribution in [0.4, 0.5) is 0 Å². The van der Waals surface area contributed by atoms with E-state index in [1.165, 1.54) is 7.11 Å².